The third kappa shape index (κ3) is 5.52. The third-order valence-electron chi connectivity index (χ3n) is 8.37. The van der Waals surface area contributed by atoms with Gasteiger partial charge >= 0.3 is 0 Å². The number of amides is 1. The van der Waals surface area contributed by atoms with Crippen molar-refractivity contribution in [2.24, 2.45) is 0 Å². The van der Waals surface area contributed by atoms with Crippen LogP contribution in [0, 0.1) is 0 Å². The lowest BCUT2D eigenvalue weighted by Gasteiger charge is -2.29. The van der Waals surface area contributed by atoms with Crippen LogP contribution in [0.25, 0.3) is 10.9 Å². The standard InChI is InChI=1S/C34H39N3O2/c38-34(36-23-25-39-26-24-36)33-32(31(27-13-3-1-4-14-27)28-15-5-2-6-16-28)29-17-7-8-18-30(29)37(33)22-12-11-21-35-19-9-10-20-35/h1-8,13-18,31H,9-12,19-26H2. The van der Waals surface area contributed by atoms with E-state index in [4.69, 9.17) is 4.74 Å². The van der Waals surface area contributed by atoms with Gasteiger partial charge in [-0.25, -0.2) is 0 Å². The number of hydrogen-bond donors (Lipinski definition) is 0. The number of aromatic nitrogens is 1. The minimum atomic E-state index is -0.0388. The van der Waals surface area contributed by atoms with E-state index in [-0.39, 0.29) is 11.8 Å². The molecule has 0 unspecified atom stereocenters. The average Bonchev–Trinajstić information content (AvgIpc) is 3.63. The summed E-state index contributed by atoms with van der Waals surface area (Å²) in [5, 5.41) is 1.17. The van der Waals surface area contributed by atoms with Gasteiger partial charge in [-0.3, -0.25) is 4.79 Å². The molecule has 39 heavy (non-hydrogen) atoms. The zero-order valence-electron chi connectivity index (χ0n) is 22.8. The van der Waals surface area contributed by atoms with Gasteiger partial charge < -0.3 is 19.1 Å². The number of likely N-dealkylation sites (tertiary alicyclic amines) is 1. The van der Waals surface area contributed by atoms with Gasteiger partial charge in [-0.15, -0.1) is 0 Å². The summed E-state index contributed by atoms with van der Waals surface area (Å²) in [4.78, 5) is 19.0. The molecule has 0 atom stereocenters. The Kier molecular flexibility index (Phi) is 8.08. The second kappa shape index (κ2) is 12.2. The molecule has 1 amide bonds. The Hall–Kier alpha value is -3.41. The van der Waals surface area contributed by atoms with E-state index in [9.17, 15) is 4.79 Å². The Morgan fingerprint density at radius 2 is 1.31 bits per heavy atom. The van der Waals surface area contributed by atoms with Crippen molar-refractivity contribution in [2.45, 2.75) is 38.1 Å². The molecule has 0 spiro atoms. The lowest BCUT2D eigenvalue weighted by molar-refractivity contribution is 0.0295. The maximum absolute atomic E-state index is 14.5. The van der Waals surface area contributed by atoms with Gasteiger partial charge in [-0.1, -0.05) is 78.9 Å². The first kappa shape index (κ1) is 25.8. The number of benzene rings is 3. The highest BCUT2D eigenvalue weighted by Crippen LogP contribution is 2.40. The molecule has 202 valence electrons. The van der Waals surface area contributed by atoms with E-state index in [0.717, 1.165) is 42.7 Å². The van der Waals surface area contributed by atoms with Crippen LogP contribution >= 0.6 is 0 Å². The Morgan fingerprint density at radius 1 is 0.718 bits per heavy atom. The third-order valence-corrected chi connectivity index (χ3v) is 8.37. The average molecular weight is 522 g/mol. The summed E-state index contributed by atoms with van der Waals surface area (Å²) in [6, 6.07) is 30.0. The number of nitrogens with zero attached hydrogens (tertiary/aromatic N) is 3. The highest BCUT2D eigenvalue weighted by atomic mass is 16.5. The van der Waals surface area contributed by atoms with Crippen LogP contribution in [0.2, 0.25) is 0 Å². The number of hydrogen-bond acceptors (Lipinski definition) is 3. The molecule has 0 bridgehead atoms. The summed E-state index contributed by atoms with van der Waals surface area (Å²) in [5.74, 6) is 0.0871. The summed E-state index contributed by atoms with van der Waals surface area (Å²) in [7, 11) is 0. The van der Waals surface area contributed by atoms with Gasteiger partial charge in [0.1, 0.15) is 5.69 Å². The molecule has 3 heterocycles. The van der Waals surface area contributed by atoms with Gasteiger partial charge in [0.05, 0.1) is 13.2 Å². The van der Waals surface area contributed by atoms with Gasteiger partial charge in [0.15, 0.2) is 0 Å². The quantitative estimate of drug-likeness (QED) is 0.247. The van der Waals surface area contributed by atoms with Crippen LogP contribution < -0.4 is 0 Å². The van der Waals surface area contributed by atoms with Gasteiger partial charge in [-0.05, 0) is 62.5 Å². The van der Waals surface area contributed by atoms with Crippen molar-refractivity contribution in [2.75, 3.05) is 45.9 Å². The van der Waals surface area contributed by atoms with E-state index < -0.39 is 0 Å². The number of carbonyl (C=O) groups excluding carboxylic acids is 1. The van der Waals surface area contributed by atoms with Crippen LogP contribution in [0.15, 0.2) is 84.9 Å². The molecule has 2 fully saturated rings. The number of fused-ring (bicyclic) bond motifs is 1. The van der Waals surface area contributed by atoms with Crippen molar-refractivity contribution in [3.63, 3.8) is 0 Å². The second-order valence-electron chi connectivity index (χ2n) is 10.8. The van der Waals surface area contributed by atoms with E-state index in [1.54, 1.807) is 0 Å². The first-order valence-corrected chi connectivity index (χ1v) is 14.6. The predicted molar refractivity (Wildman–Crippen MR) is 157 cm³/mol. The highest BCUT2D eigenvalue weighted by Gasteiger charge is 2.32. The summed E-state index contributed by atoms with van der Waals surface area (Å²) in [6.45, 7) is 6.91. The number of carbonyl (C=O) groups is 1. The monoisotopic (exact) mass is 521 g/mol. The largest absolute Gasteiger partial charge is 0.378 e. The predicted octanol–water partition coefficient (Wildman–Crippen LogP) is 6.17. The molecule has 6 rings (SSSR count). The van der Waals surface area contributed by atoms with E-state index >= 15 is 0 Å². The van der Waals surface area contributed by atoms with Crippen molar-refractivity contribution >= 4 is 16.8 Å². The molecule has 2 aliphatic rings. The smallest absolute Gasteiger partial charge is 0.270 e. The number of aryl methyl sites for hydroxylation is 1. The van der Waals surface area contributed by atoms with Crippen molar-refractivity contribution in [1.29, 1.82) is 0 Å². The topological polar surface area (TPSA) is 37.7 Å². The molecule has 2 aliphatic heterocycles. The van der Waals surface area contributed by atoms with Gasteiger partial charge in [0.2, 0.25) is 0 Å². The Balaban J connectivity index is 1.48. The van der Waals surface area contributed by atoms with E-state index in [2.05, 4.69) is 94.4 Å². The number of unbranched alkanes of at least 4 members (excludes halogenated alkanes) is 1. The van der Waals surface area contributed by atoms with Crippen LogP contribution in [0.4, 0.5) is 0 Å². The van der Waals surface area contributed by atoms with Crippen molar-refractivity contribution in [1.82, 2.24) is 14.4 Å². The number of para-hydroxylation sites is 1. The summed E-state index contributed by atoms with van der Waals surface area (Å²) >= 11 is 0. The molecular formula is C34H39N3O2. The maximum atomic E-state index is 14.5. The Labute approximate surface area is 232 Å². The van der Waals surface area contributed by atoms with Crippen LogP contribution in [-0.4, -0.2) is 66.2 Å². The van der Waals surface area contributed by atoms with E-state index in [0.29, 0.717) is 26.3 Å². The van der Waals surface area contributed by atoms with Crippen molar-refractivity contribution in [3.05, 3.63) is 107 Å². The molecule has 0 aliphatic carbocycles. The van der Waals surface area contributed by atoms with Crippen molar-refractivity contribution < 1.29 is 9.53 Å². The number of ether oxygens (including phenoxy) is 1. The van der Waals surface area contributed by atoms with Crippen LogP contribution in [-0.2, 0) is 11.3 Å². The van der Waals surface area contributed by atoms with Gasteiger partial charge in [0.25, 0.3) is 5.91 Å². The van der Waals surface area contributed by atoms with Crippen LogP contribution in [0.5, 0.6) is 0 Å². The van der Waals surface area contributed by atoms with Crippen molar-refractivity contribution in [3.8, 4) is 0 Å². The number of morpholine rings is 1. The summed E-state index contributed by atoms with van der Waals surface area (Å²) in [6.07, 6.45) is 4.85. The normalized spacial score (nSPS) is 16.4. The number of rotatable bonds is 9. The summed E-state index contributed by atoms with van der Waals surface area (Å²) in [5.41, 5.74) is 5.53. The highest BCUT2D eigenvalue weighted by molar-refractivity contribution is 6.03. The molecular weight excluding hydrogens is 482 g/mol. The fourth-order valence-corrected chi connectivity index (χ4v) is 6.43. The lowest BCUT2D eigenvalue weighted by Crippen LogP contribution is -2.42. The molecule has 5 heteroatoms. The lowest BCUT2D eigenvalue weighted by atomic mass is 9.83. The fraction of sp³-hybridized carbons (Fsp3) is 0.382. The fourth-order valence-electron chi connectivity index (χ4n) is 6.43. The molecule has 0 N–H and O–H groups in total. The second-order valence-corrected chi connectivity index (χ2v) is 10.8. The van der Waals surface area contributed by atoms with E-state index in [1.165, 1.54) is 42.4 Å². The first-order valence-electron chi connectivity index (χ1n) is 14.6. The van der Waals surface area contributed by atoms with E-state index in [1.807, 2.05) is 4.90 Å². The minimum absolute atomic E-state index is 0.0388. The van der Waals surface area contributed by atoms with Crippen LogP contribution in [0.3, 0.4) is 0 Å². The van der Waals surface area contributed by atoms with Gasteiger partial charge in [-0.2, -0.15) is 0 Å². The maximum Gasteiger partial charge on any atom is 0.270 e. The molecule has 0 saturated carbocycles. The molecule has 5 nitrogen and oxygen atoms in total. The molecule has 4 aromatic rings. The van der Waals surface area contributed by atoms with Gasteiger partial charge in [0, 0.05) is 42.0 Å². The zero-order valence-corrected chi connectivity index (χ0v) is 22.8. The Morgan fingerprint density at radius 3 is 1.97 bits per heavy atom. The summed E-state index contributed by atoms with van der Waals surface area (Å²) < 4.78 is 7.95. The molecule has 3 aromatic carbocycles. The zero-order chi connectivity index (χ0) is 26.4. The molecule has 2 saturated heterocycles. The van der Waals surface area contributed by atoms with Crippen LogP contribution in [0.1, 0.15) is 58.8 Å². The SMILES string of the molecule is O=C(c1c(C(c2ccccc2)c2ccccc2)c2ccccc2n1CCCCN1CCCC1)N1CCOCC1. The first-order chi connectivity index (χ1) is 19.3. The Bertz CT molecular complexity index is 1330. The minimum Gasteiger partial charge on any atom is -0.378 e. The molecule has 1 aromatic heterocycles. The molecule has 0 radical (unpaired) electrons.